The second kappa shape index (κ2) is 12.5. The lowest BCUT2D eigenvalue weighted by Gasteiger charge is -2.21. The minimum Gasteiger partial charge on any atom is -0.493 e. The predicted molar refractivity (Wildman–Crippen MR) is 129 cm³/mol. The van der Waals surface area contributed by atoms with E-state index in [4.69, 9.17) is 14.2 Å². The summed E-state index contributed by atoms with van der Waals surface area (Å²) in [5.74, 6) is -0.945. The summed E-state index contributed by atoms with van der Waals surface area (Å²) in [4.78, 5) is 42.8. The van der Waals surface area contributed by atoms with Gasteiger partial charge in [0.1, 0.15) is 17.3 Å². The van der Waals surface area contributed by atoms with Crippen molar-refractivity contribution >= 4 is 34.9 Å². The van der Waals surface area contributed by atoms with Gasteiger partial charge in [0.15, 0.2) is 6.61 Å². The Bertz CT molecular complexity index is 1120. The van der Waals surface area contributed by atoms with Crippen LogP contribution in [0, 0.1) is 0 Å². The third-order valence-electron chi connectivity index (χ3n) is 4.61. The number of rotatable bonds is 11. The summed E-state index contributed by atoms with van der Waals surface area (Å²) >= 11 is 1.40. The number of ether oxygens (including phenoxy) is 3. The number of benzene rings is 2. The molecule has 0 saturated heterocycles. The van der Waals surface area contributed by atoms with Crippen molar-refractivity contribution in [3.63, 3.8) is 0 Å². The predicted octanol–water partition coefficient (Wildman–Crippen LogP) is 3.89. The lowest BCUT2D eigenvalue weighted by molar-refractivity contribution is -0.147. The van der Waals surface area contributed by atoms with Crippen molar-refractivity contribution in [2.45, 2.75) is 20.3 Å². The maximum atomic E-state index is 12.7. The third kappa shape index (κ3) is 6.89. The second-order valence-electron chi connectivity index (χ2n) is 7.03. The van der Waals surface area contributed by atoms with Gasteiger partial charge in [0.2, 0.25) is 0 Å². The summed E-state index contributed by atoms with van der Waals surface area (Å²) in [6.07, 6.45) is -0.0796. The number of esters is 2. The topological polar surface area (TPSA) is 95.0 Å². The molecule has 0 atom stereocenters. The van der Waals surface area contributed by atoms with Crippen LogP contribution in [-0.2, 0) is 30.3 Å². The zero-order valence-electron chi connectivity index (χ0n) is 19.1. The molecule has 2 aromatic carbocycles. The van der Waals surface area contributed by atoms with E-state index in [0.717, 1.165) is 16.3 Å². The van der Waals surface area contributed by atoms with Crippen molar-refractivity contribution in [2.75, 3.05) is 31.3 Å². The molecular weight excluding hydrogens is 456 g/mol. The van der Waals surface area contributed by atoms with Crippen molar-refractivity contribution in [3.8, 4) is 16.3 Å². The molecule has 1 heterocycles. The summed E-state index contributed by atoms with van der Waals surface area (Å²) in [5, 5.41) is 2.51. The molecule has 0 aliphatic carbocycles. The van der Waals surface area contributed by atoms with Crippen molar-refractivity contribution < 1.29 is 28.6 Å². The molecule has 9 heteroatoms. The standard InChI is InChI=1S/C25H26N2O6S/c1-3-31-21-13-9-8-12-20(21)25-26-18(17-34-25)14-23(29)33-16-22(28)27(15-24(30)32-4-2)19-10-6-5-7-11-19/h5-13,17H,3-4,14-16H2,1-2H3. The minimum atomic E-state index is -0.590. The minimum absolute atomic E-state index is 0.0796. The number of thiazole rings is 1. The number of para-hydroxylation sites is 2. The Morgan fingerprint density at radius 2 is 1.65 bits per heavy atom. The van der Waals surface area contributed by atoms with Gasteiger partial charge in [-0.25, -0.2) is 4.98 Å². The number of amides is 1. The van der Waals surface area contributed by atoms with Crippen molar-refractivity contribution in [2.24, 2.45) is 0 Å². The highest BCUT2D eigenvalue weighted by molar-refractivity contribution is 7.13. The molecule has 0 fully saturated rings. The fraction of sp³-hybridized carbons (Fsp3) is 0.280. The molecule has 0 N–H and O–H groups in total. The number of aromatic nitrogens is 1. The molecule has 1 amide bonds. The highest BCUT2D eigenvalue weighted by atomic mass is 32.1. The normalized spacial score (nSPS) is 10.4. The largest absolute Gasteiger partial charge is 0.493 e. The van der Waals surface area contributed by atoms with Gasteiger partial charge in [-0.05, 0) is 38.1 Å². The zero-order chi connectivity index (χ0) is 24.3. The van der Waals surface area contributed by atoms with Crippen LogP contribution in [0.4, 0.5) is 5.69 Å². The monoisotopic (exact) mass is 482 g/mol. The van der Waals surface area contributed by atoms with E-state index >= 15 is 0 Å². The summed E-state index contributed by atoms with van der Waals surface area (Å²) < 4.78 is 15.8. The molecule has 0 aliphatic heterocycles. The van der Waals surface area contributed by atoms with E-state index < -0.39 is 24.5 Å². The highest BCUT2D eigenvalue weighted by Crippen LogP contribution is 2.32. The van der Waals surface area contributed by atoms with E-state index in [1.165, 1.54) is 16.2 Å². The zero-order valence-corrected chi connectivity index (χ0v) is 19.9. The fourth-order valence-electron chi connectivity index (χ4n) is 3.12. The van der Waals surface area contributed by atoms with Gasteiger partial charge in [-0.15, -0.1) is 11.3 Å². The molecule has 3 rings (SSSR count). The first kappa shape index (κ1) is 24.9. The van der Waals surface area contributed by atoms with Gasteiger partial charge in [-0.3, -0.25) is 19.3 Å². The lowest BCUT2D eigenvalue weighted by atomic mass is 10.2. The Labute approximate surface area is 202 Å². The van der Waals surface area contributed by atoms with Gasteiger partial charge in [-0.2, -0.15) is 0 Å². The first-order valence-electron chi connectivity index (χ1n) is 10.8. The van der Waals surface area contributed by atoms with Gasteiger partial charge < -0.3 is 14.2 Å². The van der Waals surface area contributed by atoms with Crippen LogP contribution in [-0.4, -0.2) is 49.2 Å². The number of nitrogens with zero attached hydrogens (tertiary/aromatic N) is 2. The van der Waals surface area contributed by atoms with Crippen LogP contribution < -0.4 is 9.64 Å². The van der Waals surface area contributed by atoms with Crippen LogP contribution in [0.3, 0.4) is 0 Å². The molecule has 34 heavy (non-hydrogen) atoms. The number of carbonyl (C=O) groups excluding carboxylic acids is 3. The molecule has 0 unspecified atom stereocenters. The van der Waals surface area contributed by atoms with Crippen LogP contribution in [0.15, 0.2) is 60.0 Å². The van der Waals surface area contributed by atoms with E-state index in [9.17, 15) is 14.4 Å². The van der Waals surface area contributed by atoms with Gasteiger partial charge in [0, 0.05) is 11.1 Å². The fourth-order valence-corrected chi connectivity index (χ4v) is 3.97. The number of hydrogen-bond acceptors (Lipinski definition) is 8. The molecule has 178 valence electrons. The smallest absolute Gasteiger partial charge is 0.326 e. The molecule has 0 aliphatic rings. The average Bonchev–Trinajstić information content (AvgIpc) is 3.30. The molecule has 3 aromatic rings. The van der Waals surface area contributed by atoms with Gasteiger partial charge in [-0.1, -0.05) is 30.3 Å². The quantitative estimate of drug-likeness (QED) is 0.383. The Hall–Kier alpha value is -3.72. The summed E-state index contributed by atoms with van der Waals surface area (Å²) in [5.41, 5.74) is 1.89. The van der Waals surface area contributed by atoms with Gasteiger partial charge in [0.25, 0.3) is 5.91 Å². The van der Waals surface area contributed by atoms with E-state index in [-0.39, 0.29) is 19.6 Å². The maximum absolute atomic E-state index is 12.7. The summed E-state index contributed by atoms with van der Waals surface area (Å²) in [6, 6.07) is 16.2. The molecule has 0 radical (unpaired) electrons. The SMILES string of the molecule is CCOC(=O)CN(C(=O)COC(=O)Cc1csc(-c2ccccc2OCC)n1)c1ccccc1. The number of hydrogen-bond donors (Lipinski definition) is 0. The van der Waals surface area contributed by atoms with Crippen molar-refractivity contribution in [1.82, 2.24) is 4.98 Å². The lowest BCUT2D eigenvalue weighted by Crippen LogP contribution is -2.39. The molecule has 0 spiro atoms. The van der Waals surface area contributed by atoms with Gasteiger partial charge >= 0.3 is 11.9 Å². The summed E-state index contributed by atoms with van der Waals surface area (Å²) in [7, 11) is 0. The first-order valence-corrected chi connectivity index (χ1v) is 11.7. The van der Waals surface area contributed by atoms with Crippen LogP contribution in [0.2, 0.25) is 0 Å². The Morgan fingerprint density at radius 1 is 0.912 bits per heavy atom. The van der Waals surface area contributed by atoms with Crippen molar-refractivity contribution in [1.29, 1.82) is 0 Å². The third-order valence-corrected chi connectivity index (χ3v) is 5.54. The van der Waals surface area contributed by atoms with Gasteiger partial charge in [0.05, 0.1) is 30.9 Å². The highest BCUT2D eigenvalue weighted by Gasteiger charge is 2.22. The number of anilines is 1. The Balaban J connectivity index is 1.61. The molecule has 0 saturated carbocycles. The second-order valence-corrected chi connectivity index (χ2v) is 7.89. The van der Waals surface area contributed by atoms with Crippen LogP contribution in [0.25, 0.3) is 10.6 Å². The van der Waals surface area contributed by atoms with Crippen LogP contribution in [0.5, 0.6) is 5.75 Å². The Kier molecular flexibility index (Phi) is 9.16. The average molecular weight is 483 g/mol. The molecule has 8 nitrogen and oxygen atoms in total. The maximum Gasteiger partial charge on any atom is 0.326 e. The first-order chi connectivity index (χ1) is 16.5. The van der Waals surface area contributed by atoms with Crippen molar-refractivity contribution in [3.05, 3.63) is 65.7 Å². The molecule has 1 aromatic heterocycles. The molecular formula is C25H26N2O6S. The number of carbonyl (C=O) groups is 3. The van der Waals surface area contributed by atoms with Crippen LogP contribution in [0.1, 0.15) is 19.5 Å². The van der Waals surface area contributed by atoms with E-state index in [1.54, 1.807) is 42.6 Å². The Morgan fingerprint density at radius 3 is 2.38 bits per heavy atom. The van der Waals surface area contributed by atoms with E-state index in [2.05, 4.69) is 4.98 Å². The van der Waals surface area contributed by atoms with Crippen LogP contribution >= 0.6 is 11.3 Å². The molecule has 0 bridgehead atoms. The summed E-state index contributed by atoms with van der Waals surface area (Å²) in [6.45, 7) is 3.56. The van der Waals surface area contributed by atoms with E-state index in [0.29, 0.717) is 18.0 Å². The van der Waals surface area contributed by atoms with E-state index in [1.807, 2.05) is 31.2 Å².